The normalized spacial score (nSPS) is 15.2. The van der Waals surface area contributed by atoms with Gasteiger partial charge in [-0.05, 0) is 74.7 Å². The van der Waals surface area contributed by atoms with Gasteiger partial charge in [0, 0.05) is 23.5 Å². The summed E-state index contributed by atoms with van der Waals surface area (Å²) in [6.45, 7) is 5.73. The molecule has 1 amide bonds. The molecule has 3 heterocycles. The van der Waals surface area contributed by atoms with Crippen molar-refractivity contribution in [3.8, 4) is 5.69 Å². The van der Waals surface area contributed by atoms with Gasteiger partial charge in [0.1, 0.15) is 4.83 Å². The molecule has 2 aromatic carbocycles. The number of likely N-dealkylation sites (tertiary alicyclic amines) is 1. The number of hydrogen-bond acceptors (Lipinski definition) is 4. The Hall–Kier alpha value is -2.67. The zero-order chi connectivity index (χ0) is 22.8. The van der Waals surface area contributed by atoms with Gasteiger partial charge in [-0.3, -0.25) is 9.69 Å². The summed E-state index contributed by atoms with van der Waals surface area (Å²) >= 11 is 7.62. The number of carbonyl (C=O) groups excluding carboxylic acids is 1. The zero-order valence-electron chi connectivity index (χ0n) is 18.6. The van der Waals surface area contributed by atoms with Crippen LogP contribution in [-0.2, 0) is 6.54 Å². The van der Waals surface area contributed by atoms with E-state index in [0.29, 0.717) is 5.92 Å². The van der Waals surface area contributed by atoms with Crippen molar-refractivity contribution in [3.63, 3.8) is 0 Å². The zero-order valence-corrected chi connectivity index (χ0v) is 20.2. The number of hydrogen-bond donors (Lipinski definition) is 1. The van der Waals surface area contributed by atoms with Crippen LogP contribution in [0.15, 0.2) is 60.7 Å². The van der Waals surface area contributed by atoms with Gasteiger partial charge in [-0.25, -0.2) is 4.68 Å². The monoisotopic (exact) mass is 478 g/mol. The maximum Gasteiger partial charge on any atom is 0.261 e. The Bertz CT molecular complexity index is 1260. The van der Waals surface area contributed by atoms with Crippen molar-refractivity contribution in [2.24, 2.45) is 5.92 Å². The first-order chi connectivity index (χ1) is 16.1. The molecular weight excluding hydrogens is 452 g/mol. The van der Waals surface area contributed by atoms with Crippen molar-refractivity contribution in [3.05, 3.63) is 81.8 Å². The molecule has 1 fully saturated rings. The van der Waals surface area contributed by atoms with Gasteiger partial charge in [0.05, 0.1) is 16.3 Å². The molecule has 33 heavy (non-hydrogen) atoms. The molecule has 0 bridgehead atoms. The van der Waals surface area contributed by atoms with E-state index in [1.807, 2.05) is 66.2 Å². The average molecular weight is 479 g/mol. The van der Waals surface area contributed by atoms with E-state index >= 15 is 0 Å². The predicted octanol–water partition coefficient (Wildman–Crippen LogP) is 5.69. The fourth-order valence-corrected chi connectivity index (χ4v) is 5.78. The number of nitrogens with zero attached hydrogens (tertiary/aromatic N) is 3. The number of rotatable bonds is 6. The minimum atomic E-state index is 0.0107. The highest BCUT2D eigenvalue weighted by Crippen LogP contribution is 2.30. The fourth-order valence-electron chi connectivity index (χ4n) is 4.47. The Morgan fingerprint density at radius 3 is 2.67 bits per heavy atom. The van der Waals surface area contributed by atoms with Crippen LogP contribution in [0.1, 0.15) is 33.8 Å². The lowest BCUT2D eigenvalue weighted by Crippen LogP contribution is -2.38. The molecule has 5 rings (SSSR count). The Morgan fingerprint density at radius 1 is 1.12 bits per heavy atom. The highest BCUT2D eigenvalue weighted by atomic mass is 35.5. The van der Waals surface area contributed by atoms with E-state index < -0.39 is 0 Å². The van der Waals surface area contributed by atoms with Crippen LogP contribution in [0.4, 0.5) is 0 Å². The molecule has 1 aliphatic rings. The van der Waals surface area contributed by atoms with Crippen molar-refractivity contribution >= 4 is 39.1 Å². The Balaban J connectivity index is 1.17. The predicted molar refractivity (Wildman–Crippen MR) is 135 cm³/mol. The molecule has 1 saturated heterocycles. The number of nitrogens with one attached hydrogen (secondary N) is 1. The van der Waals surface area contributed by atoms with Gasteiger partial charge in [0.15, 0.2) is 0 Å². The van der Waals surface area contributed by atoms with E-state index in [-0.39, 0.29) is 5.91 Å². The maximum atomic E-state index is 12.9. The highest BCUT2D eigenvalue weighted by molar-refractivity contribution is 7.20. The van der Waals surface area contributed by atoms with Crippen molar-refractivity contribution in [2.75, 3.05) is 19.6 Å². The minimum Gasteiger partial charge on any atom is -0.351 e. The molecule has 0 radical (unpaired) electrons. The van der Waals surface area contributed by atoms with Crippen molar-refractivity contribution in [2.45, 2.75) is 26.3 Å². The summed E-state index contributed by atoms with van der Waals surface area (Å²) in [4.78, 5) is 17.1. The summed E-state index contributed by atoms with van der Waals surface area (Å²) in [6, 6.07) is 20.1. The lowest BCUT2D eigenvalue weighted by Gasteiger charge is -2.32. The van der Waals surface area contributed by atoms with Gasteiger partial charge in [0.25, 0.3) is 5.91 Å². The summed E-state index contributed by atoms with van der Waals surface area (Å²) < 4.78 is 1.93. The SMILES string of the molecule is Cc1nn(-c2ccccc2)c2sc(C(=O)NCC3CCN(Cc4cccc(Cl)c4)CC3)cc12. The third kappa shape index (κ3) is 4.98. The molecule has 1 N–H and O–H groups in total. The summed E-state index contributed by atoms with van der Waals surface area (Å²) in [7, 11) is 0. The van der Waals surface area contributed by atoms with Gasteiger partial charge in [-0.1, -0.05) is 41.9 Å². The molecule has 0 unspecified atom stereocenters. The Kier molecular flexibility index (Phi) is 6.49. The van der Waals surface area contributed by atoms with Gasteiger partial charge in [-0.15, -0.1) is 11.3 Å². The second-order valence-electron chi connectivity index (χ2n) is 8.72. The number of aryl methyl sites for hydroxylation is 1. The highest BCUT2D eigenvalue weighted by Gasteiger charge is 2.21. The van der Waals surface area contributed by atoms with Crippen LogP contribution in [-0.4, -0.2) is 40.2 Å². The number of piperidine rings is 1. The van der Waals surface area contributed by atoms with Crippen LogP contribution in [0.5, 0.6) is 0 Å². The second kappa shape index (κ2) is 9.67. The van der Waals surface area contributed by atoms with Gasteiger partial charge >= 0.3 is 0 Å². The number of thiophene rings is 1. The molecule has 2 aromatic heterocycles. The first kappa shape index (κ1) is 22.1. The first-order valence-corrected chi connectivity index (χ1v) is 12.6. The molecule has 5 nitrogen and oxygen atoms in total. The molecule has 0 saturated carbocycles. The summed E-state index contributed by atoms with van der Waals surface area (Å²) in [5, 5.41) is 9.68. The van der Waals surface area contributed by atoms with Gasteiger partial charge in [-0.2, -0.15) is 5.10 Å². The molecule has 7 heteroatoms. The number of para-hydroxylation sites is 1. The van der Waals surface area contributed by atoms with E-state index in [2.05, 4.69) is 21.4 Å². The summed E-state index contributed by atoms with van der Waals surface area (Å²) in [5.74, 6) is 0.525. The smallest absolute Gasteiger partial charge is 0.261 e. The number of benzene rings is 2. The molecule has 0 aliphatic carbocycles. The van der Waals surface area contributed by atoms with Crippen molar-refractivity contribution in [1.82, 2.24) is 20.0 Å². The van der Waals surface area contributed by atoms with E-state index in [9.17, 15) is 4.79 Å². The number of fused-ring (bicyclic) bond motifs is 1. The van der Waals surface area contributed by atoms with E-state index in [4.69, 9.17) is 11.6 Å². The van der Waals surface area contributed by atoms with E-state index in [0.717, 1.165) is 70.5 Å². The minimum absolute atomic E-state index is 0.0107. The Morgan fingerprint density at radius 2 is 1.91 bits per heavy atom. The van der Waals surface area contributed by atoms with Crippen molar-refractivity contribution in [1.29, 1.82) is 0 Å². The van der Waals surface area contributed by atoms with E-state index in [1.165, 1.54) is 16.9 Å². The largest absolute Gasteiger partial charge is 0.351 e. The van der Waals surface area contributed by atoms with Crippen LogP contribution in [0.3, 0.4) is 0 Å². The standard InChI is InChI=1S/C26H27ClN4OS/c1-18-23-15-24(33-26(23)31(29-18)22-8-3-2-4-9-22)25(32)28-16-19-10-12-30(13-11-19)17-20-6-5-7-21(27)14-20/h2-9,14-15,19H,10-13,16-17H2,1H3,(H,28,32). The lowest BCUT2D eigenvalue weighted by molar-refractivity contribution is 0.0939. The van der Waals surface area contributed by atoms with Crippen LogP contribution >= 0.6 is 22.9 Å². The van der Waals surface area contributed by atoms with Crippen LogP contribution in [0.25, 0.3) is 15.9 Å². The number of aromatic nitrogens is 2. The maximum absolute atomic E-state index is 12.9. The van der Waals surface area contributed by atoms with Crippen molar-refractivity contribution < 1.29 is 4.79 Å². The molecule has 0 atom stereocenters. The topological polar surface area (TPSA) is 50.2 Å². The van der Waals surface area contributed by atoms with Gasteiger partial charge in [0.2, 0.25) is 0 Å². The van der Waals surface area contributed by atoms with Crippen LogP contribution in [0.2, 0.25) is 5.02 Å². The Labute approximate surface area is 203 Å². The summed E-state index contributed by atoms with van der Waals surface area (Å²) in [6.07, 6.45) is 2.19. The number of halogens is 1. The number of carbonyl (C=O) groups is 1. The summed E-state index contributed by atoms with van der Waals surface area (Å²) in [5.41, 5.74) is 3.20. The molecule has 4 aromatic rings. The third-order valence-electron chi connectivity index (χ3n) is 6.32. The molecule has 170 valence electrons. The first-order valence-electron chi connectivity index (χ1n) is 11.4. The average Bonchev–Trinajstić information content (AvgIpc) is 3.40. The molecule has 1 aliphatic heterocycles. The molecule has 0 spiro atoms. The lowest BCUT2D eigenvalue weighted by atomic mass is 9.96. The quantitative estimate of drug-likeness (QED) is 0.387. The molecular formula is C26H27ClN4OS. The second-order valence-corrected chi connectivity index (χ2v) is 10.2. The van der Waals surface area contributed by atoms with E-state index in [1.54, 1.807) is 0 Å². The van der Waals surface area contributed by atoms with Crippen LogP contribution < -0.4 is 5.32 Å². The fraction of sp³-hybridized carbons (Fsp3) is 0.308. The number of amides is 1. The van der Waals surface area contributed by atoms with Gasteiger partial charge < -0.3 is 5.32 Å². The third-order valence-corrected chi connectivity index (χ3v) is 7.67. The van der Waals surface area contributed by atoms with Crippen LogP contribution in [0, 0.1) is 12.8 Å².